The fourth-order valence-corrected chi connectivity index (χ4v) is 5.90. The molecular weight excluding hydrogens is 410 g/mol. The van der Waals surface area contributed by atoms with Gasteiger partial charge in [-0.3, -0.25) is 0 Å². The molecule has 1 N–H and O–H groups in total. The van der Waals surface area contributed by atoms with Gasteiger partial charge >= 0.3 is 0 Å². The topological polar surface area (TPSA) is 83.6 Å². The number of nitrogens with one attached hydrogen (secondary N) is 1. The average Bonchev–Trinajstić information content (AvgIpc) is 2.64. The van der Waals surface area contributed by atoms with Crippen molar-refractivity contribution in [2.24, 2.45) is 0 Å². The molecule has 2 aromatic rings. The van der Waals surface area contributed by atoms with Crippen LogP contribution in [0.25, 0.3) is 0 Å². The van der Waals surface area contributed by atoms with Gasteiger partial charge in [-0.05, 0) is 50.1 Å². The lowest BCUT2D eigenvalue weighted by atomic mass is 10.1. The standard InChI is InChI=1S/C18H20F2N2O4S2/c1-13-2-5-16(6-3-13)28(25,26)22-10-8-15(9-11-22)21-27(23,24)18-12-14(19)4-7-17(18)20/h2-7,12,15,21H,8-11H2,1H3. The molecule has 0 aliphatic carbocycles. The summed E-state index contributed by atoms with van der Waals surface area (Å²) in [4.78, 5) is -0.582. The van der Waals surface area contributed by atoms with E-state index < -0.39 is 42.6 Å². The first-order valence-electron chi connectivity index (χ1n) is 8.64. The zero-order valence-corrected chi connectivity index (χ0v) is 16.7. The maximum Gasteiger partial charge on any atom is 0.243 e. The monoisotopic (exact) mass is 430 g/mol. The van der Waals surface area contributed by atoms with Crippen molar-refractivity contribution in [1.82, 2.24) is 9.03 Å². The smallest absolute Gasteiger partial charge is 0.208 e. The summed E-state index contributed by atoms with van der Waals surface area (Å²) in [6.07, 6.45) is 0.447. The third-order valence-corrected chi connectivity index (χ3v) is 8.07. The van der Waals surface area contributed by atoms with Crippen LogP contribution in [0.3, 0.4) is 0 Å². The van der Waals surface area contributed by atoms with Gasteiger partial charge in [0.15, 0.2) is 0 Å². The van der Waals surface area contributed by atoms with Gasteiger partial charge in [0.2, 0.25) is 20.0 Å². The highest BCUT2D eigenvalue weighted by atomic mass is 32.2. The molecule has 3 rings (SSSR count). The number of halogens is 2. The Morgan fingerprint density at radius 2 is 1.57 bits per heavy atom. The van der Waals surface area contributed by atoms with Crippen molar-refractivity contribution in [2.45, 2.75) is 35.6 Å². The fraction of sp³-hybridized carbons (Fsp3) is 0.333. The van der Waals surface area contributed by atoms with Crippen LogP contribution in [0.15, 0.2) is 52.3 Å². The minimum Gasteiger partial charge on any atom is -0.208 e. The summed E-state index contributed by atoms with van der Waals surface area (Å²) in [5.74, 6) is -1.91. The van der Waals surface area contributed by atoms with Crippen LogP contribution < -0.4 is 4.72 Å². The number of rotatable bonds is 5. The summed E-state index contributed by atoms with van der Waals surface area (Å²) in [5.41, 5.74) is 0.941. The minimum absolute atomic E-state index is 0.120. The largest absolute Gasteiger partial charge is 0.243 e. The first kappa shape index (κ1) is 20.8. The lowest BCUT2D eigenvalue weighted by Gasteiger charge is -2.31. The van der Waals surface area contributed by atoms with E-state index in [4.69, 9.17) is 0 Å². The molecule has 0 spiro atoms. The van der Waals surface area contributed by atoms with Crippen LogP contribution in [-0.2, 0) is 20.0 Å². The van der Waals surface area contributed by atoms with Gasteiger partial charge < -0.3 is 0 Å². The van der Waals surface area contributed by atoms with E-state index in [1.807, 2.05) is 6.92 Å². The Kier molecular flexibility index (Phi) is 5.85. The number of nitrogens with zero attached hydrogens (tertiary/aromatic N) is 1. The molecule has 0 aromatic heterocycles. The van der Waals surface area contributed by atoms with E-state index in [0.29, 0.717) is 6.07 Å². The average molecular weight is 430 g/mol. The van der Waals surface area contributed by atoms with Gasteiger partial charge in [0.25, 0.3) is 0 Å². The molecule has 1 fully saturated rings. The summed E-state index contributed by atoms with van der Waals surface area (Å²) < 4.78 is 80.8. The predicted octanol–water partition coefficient (Wildman–Crippen LogP) is 2.40. The van der Waals surface area contributed by atoms with Crippen LogP contribution in [0.1, 0.15) is 18.4 Å². The van der Waals surface area contributed by atoms with E-state index in [2.05, 4.69) is 4.72 Å². The highest BCUT2D eigenvalue weighted by molar-refractivity contribution is 7.89. The summed E-state index contributed by atoms with van der Waals surface area (Å²) in [7, 11) is -7.92. The molecule has 10 heteroatoms. The predicted molar refractivity (Wildman–Crippen MR) is 99.6 cm³/mol. The highest BCUT2D eigenvalue weighted by Crippen LogP contribution is 2.23. The molecule has 1 saturated heterocycles. The lowest BCUT2D eigenvalue weighted by molar-refractivity contribution is 0.308. The number of sulfonamides is 2. The van der Waals surface area contributed by atoms with E-state index in [-0.39, 0.29) is 30.8 Å². The number of aryl methyl sites for hydroxylation is 1. The molecule has 152 valence electrons. The van der Waals surface area contributed by atoms with Crippen LogP contribution >= 0.6 is 0 Å². The first-order chi connectivity index (χ1) is 13.1. The summed E-state index contributed by atoms with van der Waals surface area (Å²) in [6, 6.07) is 8.12. The van der Waals surface area contributed by atoms with Gasteiger partial charge in [-0.2, -0.15) is 4.31 Å². The quantitative estimate of drug-likeness (QED) is 0.790. The second kappa shape index (κ2) is 7.86. The Balaban J connectivity index is 1.68. The van der Waals surface area contributed by atoms with Crippen LogP contribution in [0.4, 0.5) is 8.78 Å². The van der Waals surface area contributed by atoms with Gasteiger partial charge in [0.1, 0.15) is 16.5 Å². The normalized spacial score (nSPS) is 17.0. The molecule has 6 nitrogen and oxygen atoms in total. The molecule has 0 unspecified atom stereocenters. The molecule has 1 aliphatic heterocycles. The second-order valence-corrected chi connectivity index (χ2v) is 10.3. The Morgan fingerprint density at radius 1 is 0.964 bits per heavy atom. The number of benzene rings is 2. The maximum atomic E-state index is 13.8. The Morgan fingerprint density at radius 3 is 2.18 bits per heavy atom. The Labute approximate surface area is 163 Å². The molecule has 0 amide bonds. The van der Waals surface area contributed by atoms with Gasteiger partial charge in [-0.15, -0.1) is 0 Å². The molecule has 0 bridgehead atoms. The van der Waals surface area contributed by atoms with Crippen molar-refractivity contribution in [3.63, 3.8) is 0 Å². The third kappa shape index (κ3) is 4.40. The van der Waals surface area contributed by atoms with Gasteiger partial charge in [-0.1, -0.05) is 17.7 Å². The lowest BCUT2D eigenvalue weighted by Crippen LogP contribution is -2.46. The van der Waals surface area contributed by atoms with Gasteiger partial charge in [0.05, 0.1) is 4.90 Å². The Bertz CT molecular complexity index is 1060. The van der Waals surface area contributed by atoms with E-state index in [1.165, 1.54) is 16.4 Å². The summed E-state index contributed by atoms with van der Waals surface area (Å²) in [5, 5.41) is 0. The first-order valence-corrected chi connectivity index (χ1v) is 11.6. The zero-order chi connectivity index (χ0) is 20.5. The Hall–Kier alpha value is -1.88. The van der Waals surface area contributed by atoms with Crippen molar-refractivity contribution >= 4 is 20.0 Å². The van der Waals surface area contributed by atoms with Crippen molar-refractivity contribution in [2.75, 3.05) is 13.1 Å². The molecule has 28 heavy (non-hydrogen) atoms. The second-order valence-electron chi connectivity index (χ2n) is 6.69. The zero-order valence-electron chi connectivity index (χ0n) is 15.1. The number of piperidine rings is 1. The molecule has 0 saturated carbocycles. The summed E-state index contributed by atoms with van der Waals surface area (Å²) in [6.45, 7) is 2.10. The molecule has 0 radical (unpaired) electrons. The van der Waals surface area contributed by atoms with Gasteiger partial charge in [0, 0.05) is 19.1 Å². The summed E-state index contributed by atoms with van der Waals surface area (Å²) >= 11 is 0. The van der Waals surface area contributed by atoms with E-state index in [9.17, 15) is 25.6 Å². The number of hydrogen-bond acceptors (Lipinski definition) is 4. The van der Waals surface area contributed by atoms with E-state index >= 15 is 0 Å². The molecular formula is C18H20F2N2O4S2. The highest BCUT2D eigenvalue weighted by Gasteiger charge is 2.32. The fourth-order valence-electron chi connectivity index (χ4n) is 3.04. The van der Waals surface area contributed by atoms with Crippen LogP contribution in [0, 0.1) is 18.6 Å². The molecule has 1 aliphatic rings. The van der Waals surface area contributed by atoms with Crippen LogP contribution in [0.2, 0.25) is 0 Å². The van der Waals surface area contributed by atoms with Crippen LogP contribution in [-0.4, -0.2) is 40.3 Å². The molecule has 0 atom stereocenters. The van der Waals surface area contributed by atoms with Crippen molar-refractivity contribution in [3.8, 4) is 0 Å². The minimum atomic E-state index is -4.26. The van der Waals surface area contributed by atoms with E-state index in [1.54, 1.807) is 12.1 Å². The van der Waals surface area contributed by atoms with Crippen molar-refractivity contribution in [1.29, 1.82) is 0 Å². The molecule has 1 heterocycles. The third-order valence-electron chi connectivity index (χ3n) is 4.62. The number of hydrogen-bond donors (Lipinski definition) is 1. The van der Waals surface area contributed by atoms with Crippen molar-refractivity contribution < 1.29 is 25.6 Å². The molecule has 2 aromatic carbocycles. The van der Waals surface area contributed by atoms with Crippen molar-refractivity contribution in [3.05, 3.63) is 59.7 Å². The van der Waals surface area contributed by atoms with E-state index in [0.717, 1.165) is 17.7 Å². The maximum absolute atomic E-state index is 13.8. The van der Waals surface area contributed by atoms with Crippen LogP contribution in [0.5, 0.6) is 0 Å². The van der Waals surface area contributed by atoms with Gasteiger partial charge in [-0.25, -0.2) is 30.3 Å². The SMILES string of the molecule is Cc1ccc(S(=O)(=O)N2CCC(NS(=O)(=O)c3cc(F)ccc3F)CC2)cc1.